The number of rotatable bonds is 4. The van der Waals surface area contributed by atoms with Gasteiger partial charge in [-0.25, -0.2) is 4.39 Å². The predicted octanol–water partition coefficient (Wildman–Crippen LogP) is 1.71. The number of hydrogen-bond donors (Lipinski definition) is 2. The fourth-order valence-corrected chi connectivity index (χ4v) is 2.54. The molecule has 0 aliphatic heterocycles. The Labute approximate surface area is 107 Å². The monoisotopic (exact) mass is 253 g/mol. The highest BCUT2D eigenvalue weighted by molar-refractivity contribution is 5.39. The maximum absolute atomic E-state index is 13.7. The average Bonchev–Trinajstić information content (AvgIpc) is 2.70. The fraction of sp³-hybridized carbons (Fsp3) is 0.571. The van der Waals surface area contributed by atoms with Crippen LogP contribution >= 0.6 is 0 Å². The summed E-state index contributed by atoms with van der Waals surface area (Å²) in [5, 5.41) is 9.55. The Balaban J connectivity index is 2.35. The molecule has 1 aliphatic rings. The Morgan fingerprint density at radius 2 is 2.22 bits per heavy atom. The first-order chi connectivity index (χ1) is 8.50. The Hall–Kier alpha value is -0.970. The van der Waals surface area contributed by atoms with Crippen LogP contribution in [0.4, 0.5) is 4.39 Å². The van der Waals surface area contributed by atoms with Gasteiger partial charge in [-0.05, 0) is 43.9 Å². The Morgan fingerprint density at radius 3 is 2.83 bits per heavy atom. The first-order valence-electron chi connectivity index (χ1n) is 6.34. The molecule has 0 amide bonds. The summed E-state index contributed by atoms with van der Waals surface area (Å²) in [4.78, 5) is 0. The zero-order chi connectivity index (χ0) is 13.3. The molecule has 100 valence electrons. The van der Waals surface area contributed by atoms with E-state index in [1.54, 1.807) is 19.9 Å². The lowest BCUT2D eigenvalue weighted by atomic mass is 9.95. The first-order valence-corrected chi connectivity index (χ1v) is 6.34. The van der Waals surface area contributed by atoms with Crippen LogP contribution in [0.5, 0.6) is 0 Å². The van der Waals surface area contributed by atoms with Crippen molar-refractivity contribution in [3.8, 4) is 0 Å². The van der Waals surface area contributed by atoms with Gasteiger partial charge in [0.2, 0.25) is 0 Å². The molecule has 0 bridgehead atoms. The number of hydrogen-bond acceptors (Lipinski definition) is 3. The second kappa shape index (κ2) is 4.96. The maximum Gasteiger partial charge on any atom is 0.126 e. The van der Waals surface area contributed by atoms with Crippen molar-refractivity contribution in [1.82, 2.24) is 0 Å². The topological polar surface area (TPSA) is 55.5 Å². The molecule has 0 heterocycles. The second-order valence-corrected chi connectivity index (χ2v) is 5.03. The smallest absolute Gasteiger partial charge is 0.126 e. The van der Waals surface area contributed by atoms with Crippen LogP contribution in [0, 0.1) is 5.82 Å². The minimum Gasteiger partial charge on any atom is -0.391 e. The van der Waals surface area contributed by atoms with Crippen molar-refractivity contribution in [2.75, 3.05) is 6.54 Å². The lowest BCUT2D eigenvalue weighted by Crippen LogP contribution is -2.41. The van der Waals surface area contributed by atoms with Crippen LogP contribution in [-0.4, -0.2) is 23.9 Å². The molecule has 0 spiro atoms. The summed E-state index contributed by atoms with van der Waals surface area (Å²) in [5.41, 5.74) is 6.72. The molecule has 0 radical (unpaired) electrons. The van der Waals surface area contributed by atoms with Crippen molar-refractivity contribution in [1.29, 1.82) is 0 Å². The molecule has 0 fully saturated rings. The van der Waals surface area contributed by atoms with Crippen LogP contribution in [0.15, 0.2) is 18.2 Å². The highest BCUT2D eigenvalue weighted by atomic mass is 19.1. The largest absolute Gasteiger partial charge is 0.391 e. The van der Waals surface area contributed by atoms with Crippen LogP contribution in [0.2, 0.25) is 0 Å². The van der Waals surface area contributed by atoms with Gasteiger partial charge in [-0.1, -0.05) is 12.1 Å². The van der Waals surface area contributed by atoms with Gasteiger partial charge < -0.3 is 15.6 Å². The van der Waals surface area contributed by atoms with E-state index in [1.165, 1.54) is 6.07 Å². The molecule has 0 saturated carbocycles. The summed E-state index contributed by atoms with van der Waals surface area (Å²) in [6, 6.07) is 5.01. The summed E-state index contributed by atoms with van der Waals surface area (Å²) < 4.78 is 19.7. The van der Waals surface area contributed by atoms with E-state index in [0.29, 0.717) is 24.9 Å². The van der Waals surface area contributed by atoms with Crippen LogP contribution in [0.1, 0.15) is 31.4 Å². The molecular formula is C14H20FNO2. The summed E-state index contributed by atoms with van der Waals surface area (Å²) >= 11 is 0. The zero-order valence-corrected chi connectivity index (χ0v) is 10.8. The van der Waals surface area contributed by atoms with Crippen molar-refractivity contribution in [3.05, 3.63) is 35.1 Å². The second-order valence-electron chi connectivity index (χ2n) is 5.03. The number of aliphatic hydroxyl groups excluding tert-OH is 1. The summed E-state index contributed by atoms with van der Waals surface area (Å²) in [7, 11) is 0. The third kappa shape index (κ3) is 2.16. The first kappa shape index (κ1) is 13.5. The maximum atomic E-state index is 13.7. The van der Waals surface area contributed by atoms with Gasteiger partial charge >= 0.3 is 0 Å². The van der Waals surface area contributed by atoms with Crippen LogP contribution in [-0.2, 0) is 16.8 Å². The van der Waals surface area contributed by atoms with E-state index in [4.69, 9.17) is 10.5 Å². The zero-order valence-electron chi connectivity index (χ0n) is 10.8. The van der Waals surface area contributed by atoms with Gasteiger partial charge in [0.05, 0.1) is 12.2 Å². The van der Waals surface area contributed by atoms with Gasteiger partial charge in [-0.2, -0.15) is 0 Å². The quantitative estimate of drug-likeness (QED) is 0.859. The number of nitrogens with two attached hydrogens (primary N) is 1. The van der Waals surface area contributed by atoms with E-state index in [1.807, 2.05) is 6.07 Å². The summed E-state index contributed by atoms with van der Waals surface area (Å²) in [5.74, 6) is -0.198. The highest BCUT2D eigenvalue weighted by Crippen LogP contribution is 2.41. The summed E-state index contributed by atoms with van der Waals surface area (Å²) in [6.45, 7) is 3.77. The number of aliphatic hydroxyl groups is 1. The number of fused-ring (bicyclic) bond motifs is 1. The SMILES string of the molecule is CC(O)C(C)OC1(CN)CCc2c(F)cccc21. The lowest BCUT2D eigenvalue weighted by Gasteiger charge is -2.33. The van der Waals surface area contributed by atoms with Crippen LogP contribution < -0.4 is 5.73 Å². The normalized spacial score (nSPS) is 25.8. The van der Waals surface area contributed by atoms with E-state index < -0.39 is 11.7 Å². The number of benzene rings is 1. The van der Waals surface area contributed by atoms with Gasteiger partial charge in [-0.15, -0.1) is 0 Å². The van der Waals surface area contributed by atoms with E-state index in [0.717, 1.165) is 5.56 Å². The van der Waals surface area contributed by atoms with Crippen LogP contribution in [0.3, 0.4) is 0 Å². The molecule has 4 heteroatoms. The van der Waals surface area contributed by atoms with Crippen molar-refractivity contribution < 1.29 is 14.2 Å². The molecule has 3 nitrogen and oxygen atoms in total. The van der Waals surface area contributed by atoms with Gasteiger partial charge in [0.15, 0.2) is 0 Å². The van der Waals surface area contributed by atoms with E-state index in [2.05, 4.69) is 0 Å². The summed E-state index contributed by atoms with van der Waals surface area (Å²) in [6.07, 6.45) is 0.386. The van der Waals surface area contributed by atoms with E-state index in [9.17, 15) is 9.50 Å². The molecular weight excluding hydrogens is 233 g/mol. The van der Waals surface area contributed by atoms with E-state index in [-0.39, 0.29) is 11.9 Å². The molecule has 1 aromatic rings. The fourth-order valence-electron chi connectivity index (χ4n) is 2.54. The predicted molar refractivity (Wildman–Crippen MR) is 67.7 cm³/mol. The Bertz CT molecular complexity index is 436. The minimum atomic E-state index is -0.659. The molecule has 0 saturated heterocycles. The minimum absolute atomic E-state index is 0.198. The van der Waals surface area contributed by atoms with Crippen molar-refractivity contribution in [2.45, 2.75) is 44.5 Å². The Kier molecular flexibility index (Phi) is 3.71. The highest BCUT2D eigenvalue weighted by Gasteiger charge is 2.41. The van der Waals surface area contributed by atoms with Crippen molar-refractivity contribution >= 4 is 0 Å². The number of ether oxygens (including phenoxy) is 1. The molecule has 3 unspecified atom stereocenters. The van der Waals surface area contributed by atoms with Crippen LogP contribution in [0.25, 0.3) is 0 Å². The van der Waals surface area contributed by atoms with Gasteiger partial charge in [0.25, 0.3) is 0 Å². The van der Waals surface area contributed by atoms with Crippen molar-refractivity contribution in [2.24, 2.45) is 5.73 Å². The molecule has 1 aliphatic carbocycles. The third-order valence-electron chi connectivity index (χ3n) is 3.81. The standard InChI is InChI=1S/C14H20FNO2/c1-9(17)10(2)18-14(8-16)7-6-11-12(14)4-3-5-13(11)15/h3-5,9-10,17H,6-8,16H2,1-2H3. The van der Waals surface area contributed by atoms with Gasteiger partial charge in [0, 0.05) is 6.54 Å². The molecule has 0 aromatic heterocycles. The third-order valence-corrected chi connectivity index (χ3v) is 3.81. The van der Waals surface area contributed by atoms with E-state index >= 15 is 0 Å². The van der Waals surface area contributed by atoms with Crippen molar-refractivity contribution in [3.63, 3.8) is 0 Å². The molecule has 1 aromatic carbocycles. The molecule has 3 atom stereocenters. The molecule has 18 heavy (non-hydrogen) atoms. The van der Waals surface area contributed by atoms with Gasteiger partial charge in [0.1, 0.15) is 11.4 Å². The Morgan fingerprint density at radius 1 is 1.50 bits per heavy atom. The lowest BCUT2D eigenvalue weighted by molar-refractivity contribution is -0.123. The molecule has 3 N–H and O–H groups in total. The molecule has 2 rings (SSSR count). The van der Waals surface area contributed by atoms with Gasteiger partial charge in [-0.3, -0.25) is 0 Å². The average molecular weight is 253 g/mol. The number of halogens is 1.